The SMILES string of the molecule is CCOC(=O)CS(=O)(=O)NCC(CC(=O)O)OC. The Morgan fingerprint density at radius 1 is 1.39 bits per heavy atom. The predicted molar refractivity (Wildman–Crippen MR) is 61.5 cm³/mol. The smallest absolute Gasteiger partial charge is 0.322 e. The van der Waals surface area contributed by atoms with Crippen LogP contribution in [0.25, 0.3) is 0 Å². The molecule has 8 nitrogen and oxygen atoms in total. The van der Waals surface area contributed by atoms with Crippen molar-refractivity contribution in [2.45, 2.75) is 19.4 Å². The highest BCUT2D eigenvalue weighted by Crippen LogP contribution is 1.97. The molecule has 0 saturated carbocycles. The third-order valence-corrected chi connectivity index (χ3v) is 3.10. The highest BCUT2D eigenvalue weighted by molar-refractivity contribution is 7.90. The van der Waals surface area contributed by atoms with Gasteiger partial charge in [0.2, 0.25) is 10.0 Å². The summed E-state index contributed by atoms with van der Waals surface area (Å²) in [5, 5.41) is 8.53. The van der Waals surface area contributed by atoms with Gasteiger partial charge >= 0.3 is 11.9 Å². The van der Waals surface area contributed by atoms with Crippen molar-refractivity contribution in [3.63, 3.8) is 0 Å². The Kier molecular flexibility index (Phi) is 7.48. The van der Waals surface area contributed by atoms with Crippen molar-refractivity contribution in [1.82, 2.24) is 4.72 Å². The van der Waals surface area contributed by atoms with E-state index in [0.29, 0.717) is 0 Å². The van der Waals surface area contributed by atoms with Crippen molar-refractivity contribution in [3.8, 4) is 0 Å². The van der Waals surface area contributed by atoms with E-state index in [4.69, 9.17) is 9.84 Å². The van der Waals surface area contributed by atoms with Gasteiger partial charge in [-0.3, -0.25) is 9.59 Å². The predicted octanol–water partition coefficient (Wildman–Crippen LogP) is -1.04. The molecule has 0 aromatic carbocycles. The Hall–Kier alpha value is -1.19. The van der Waals surface area contributed by atoms with E-state index >= 15 is 0 Å². The molecule has 0 saturated heterocycles. The summed E-state index contributed by atoms with van der Waals surface area (Å²) in [7, 11) is -2.57. The number of carboxylic acids is 1. The molecule has 0 aromatic heterocycles. The van der Waals surface area contributed by atoms with Gasteiger partial charge in [0.1, 0.15) is 0 Å². The molecule has 0 rings (SSSR count). The molecule has 0 aliphatic carbocycles. The summed E-state index contributed by atoms with van der Waals surface area (Å²) < 4.78 is 34.2. The van der Waals surface area contributed by atoms with Crippen LogP contribution < -0.4 is 4.72 Å². The quantitative estimate of drug-likeness (QED) is 0.519. The van der Waals surface area contributed by atoms with Gasteiger partial charge in [-0.25, -0.2) is 13.1 Å². The van der Waals surface area contributed by atoms with Crippen LogP contribution in [0.5, 0.6) is 0 Å². The van der Waals surface area contributed by atoms with E-state index in [2.05, 4.69) is 9.46 Å². The molecule has 1 atom stereocenters. The fraction of sp³-hybridized carbons (Fsp3) is 0.778. The normalized spacial score (nSPS) is 13.0. The van der Waals surface area contributed by atoms with Crippen molar-refractivity contribution in [2.24, 2.45) is 0 Å². The number of hydrogen-bond acceptors (Lipinski definition) is 6. The standard InChI is InChI=1S/C9H17NO7S/c1-3-17-9(13)6-18(14,15)10-5-7(16-2)4-8(11)12/h7,10H,3-6H2,1-2H3,(H,11,12). The molecule has 0 aliphatic rings. The molecule has 9 heteroatoms. The maximum Gasteiger partial charge on any atom is 0.322 e. The van der Waals surface area contributed by atoms with Gasteiger partial charge in [-0.05, 0) is 6.92 Å². The number of hydrogen-bond donors (Lipinski definition) is 2. The number of esters is 1. The van der Waals surface area contributed by atoms with Gasteiger partial charge in [0.05, 0.1) is 19.1 Å². The molecule has 1 unspecified atom stereocenters. The zero-order valence-electron chi connectivity index (χ0n) is 10.2. The minimum Gasteiger partial charge on any atom is -0.481 e. The Morgan fingerprint density at radius 3 is 2.44 bits per heavy atom. The van der Waals surface area contributed by atoms with Crippen molar-refractivity contribution < 1.29 is 32.6 Å². The lowest BCUT2D eigenvalue weighted by Crippen LogP contribution is -2.37. The largest absolute Gasteiger partial charge is 0.481 e. The molecular weight excluding hydrogens is 266 g/mol. The number of sulfonamides is 1. The fourth-order valence-electron chi connectivity index (χ4n) is 1.06. The molecule has 0 amide bonds. The van der Waals surface area contributed by atoms with Crippen LogP contribution in [0.2, 0.25) is 0 Å². The maximum absolute atomic E-state index is 11.4. The molecule has 0 bridgehead atoms. The van der Waals surface area contributed by atoms with Crippen LogP contribution in [0.1, 0.15) is 13.3 Å². The first-order valence-corrected chi connectivity index (χ1v) is 6.83. The minimum absolute atomic E-state index is 0.0913. The summed E-state index contributed by atoms with van der Waals surface area (Å²) >= 11 is 0. The first-order valence-electron chi connectivity index (χ1n) is 5.18. The second kappa shape index (κ2) is 8.01. The highest BCUT2D eigenvalue weighted by atomic mass is 32.2. The molecule has 0 aromatic rings. The van der Waals surface area contributed by atoms with Crippen molar-refractivity contribution >= 4 is 22.0 Å². The molecule has 0 radical (unpaired) electrons. The van der Waals surface area contributed by atoms with Gasteiger partial charge in [-0.15, -0.1) is 0 Å². The number of rotatable bonds is 9. The van der Waals surface area contributed by atoms with Gasteiger partial charge in [0.15, 0.2) is 5.75 Å². The lowest BCUT2D eigenvalue weighted by atomic mass is 10.2. The monoisotopic (exact) mass is 283 g/mol. The van der Waals surface area contributed by atoms with E-state index in [1.807, 2.05) is 0 Å². The molecule has 0 spiro atoms. The number of aliphatic carboxylic acids is 1. The lowest BCUT2D eigenvalue weighted by Gasteiger charge is -2.13. The fourth-order valence-corrected chi connectivity index (χ4v) is 2.00. The van der Waals surface area contributed by atoms with Gasteiger partial charge < -0.3 is 14.6 Å². The third kappa shape index (κ3) is 7.98. The van der Waals surface area contributed by atoms with E-state index in [-0.39, 0.29) is 19.6 Å². The Balaban J connectivity index is 4.24. The zero-order chi connectivity index (χ0) is 14.2. The van der Waals surface area contributed by atoms with Crippen LogP contribution in [0.4, 0.5) is 0 Å². The summed E-state index contributed by atoms with van der Waals surface area (Å²) in [6.07, 6.45) is -1.13. The van der Waals surface area contributed by atoms with Crippen LogP contribution in [0.3, 0.4) is 0 Å². The van der Waals surface area contributed by atoms with Crippen molar-refractivity contribution in [3.05, 3.63) is 0 Å². The summed E-state index contributed by atoms with van der Waals surface area (Å²) in [6.45, 7) is 1.43. The third-order valence-electron chi connectivity index (χ3n) is 1.88. The second-order valence-electron chi connectivity index (χ2n) is 3.37. The van der Waals surface area contributed by atoms with Crippen LogP contribution >= 0.6 is 0 Å². The Bertz CT molecular complexity index is 378. The van der Waals surface area contributed by atoms with Crippen molar-refractivity contribution in [2.75, 3.05) is 26.0 Å². The second-order valence-corrected chi connectivity index (χ2v) is 5.17. The molecule has 0 heterocycles. The summed E-state index contributed by atoms with van der Waals surface area (Å²) in [4.78, 5) is 21.4. The number of carboxylic acid groups (broad SMARTS) is 1. The summed E-state index contributed by atoms with van der Waals surface area (Å²) in [6, 6.07) is 0. The van der Waals surface area contributed by atoms with Crippen LogP contribution in [-0.2, 0) is 29.1 Å². The van der Waals surface area contributed by atoms with Gasteiger partial charge in [0, 0.05) is 13.7 Å². The average molecular weight is 283 g/mol. The molecule has 18 heavy (non-hydrogen) atoms. The van der Waals surface area contributed by atoms with E-state index < -0.39 is 33.8 Å². The number of ether oxygens (including phenoxy) is 2. The van der Waals surface area contributed by atoms with Gasteiger partial charge in [-0.2, -0.15) is 0 Å². The first-order chi connectivity index (χ1) is 8.30. The molecule has 106 valence electrons. The minimum atomic E-state index is -3.84. The number of carbonyl (C=O) groups excluding carboxylic acids is 1. The summed E-state index contributed by atoms with van der Waals surface area (Å²) in [5.41, 5.74) is 0. The topological polar surface area (TPSA) is 119 Å². The van der Waals surface area contributed by atoms with Crippen LogP contribution in [0.15, 0.2) is 0 Å². The lowest BCUT2D eigenvalue weighted by molar-refractivity contribution is -0.141. The first kappa shape index (κ1) is 16.8. The van der Waals surface area contributed by atoms with E-state index in [1.165, 1.54) is 7.11 Å². The maximum atomic E-state index is 11.4. The molecule has 0 fully saturated rings. The van der Waals surface area contributed by atoms with Gasteiger partial charge in [0.25, 0.3) is 0 Å². The van der Waals surface area contributed by atoms with E-state index in [9.17, 15) is 18.0 Å². The van der Waals surface area contributed by atoms with Crippen LogP contribution in [0, 0.1) is 0 Å². The number of nitrogens with one attached hydrogen (secondary N) is 1. The number of carbonyl (C=O) groups is 2. The number of methoxy groups -OCH3 is 1. The van der Waals surface area contributed by atoms with E-state index in [0.717, 1.165) is 0 Å². The molecular formula is C9H17NO7S. The van der Waals surface area contributed by atoms with Crippen molar-refractivity contribution in [1.29, 1.82) is 0 Å². The zero-order valence-corrected chi connectivity index (χ0v) is 11.0. The Morgan fingerprint density at radius 2 is 2.00 bits per heavy atom. The molecule has 0 aliphatic heterocycles. The van der Waals surface area contributed by atoms with Crippen LogP contribution in [-0.4, -0.2) is 57.6 Å². The van der Waals surface area contributed by atoms with E-state index in [1.54, 1.807) is 6.92 Å². The average Bonchev–Trinajstić information content (AvgIpc) is 2.23. The Labute approximate surface area is 105 Å². The van der Waals surface area contributed by atoms with Gasteiger partial charge in [-0.1, -0.05) is 0 Å². The summed E-state index contributed by atoms with van der Waals surface area (Å²) in [5.74, 6) is -2.77. The highest BCUT2D eigenvalue weighted by Gasteiger charge is 2.20. The molecule has 2 N–H and O–H groups in total.